The standard InChI is InChI=1S/C15H11BrClFO/c16-12-3-4-13(14(18)6-12)15(17)9-1-2-10-7-19-8-11(10)5-9/h1-6,15H,7-8H2. The summed E-state index contributed by atoms with van der Waals surface area (Å²) in [7, 11) is 0. The quantitative estimate of drug-likeness (QED) is 0.703. The van der Waals surface area contributed by atoms with Crippen molar-refractivity contribution < 1.29 is 9.13 Å². The minimum absolute atomic E-state index is 0.300. The van der Waals surface area contributed by atoms with Crippen molar-refractivity contribution in [1.29, 1.82) is 0 Å². The molecule has 19 heavy (non-hydrogen) atoms. The van der Waals surface area contributed by atoms with E-state index in [0.29, 0.717) is 23.2 Å². The van der Waals surface area contributed by atoms with Crippen molar-refractivity contribution in [2.45, 2.75) is 18.6 Å². The van der Waals surface area contributed by atoms with Crippen LogP contribution in [-0.2, 0) is 18.0 Å². The van der Waals surface area contributed by atoms with Crippen molar-refractivity contribution >= 4 is 27.5 Å². The second-order valence-electron chi connectivity index (χ2n) is 4.55. The first-order chi connectivity index (χ1) is 9.15. The molecule has 0 aromatic heterocycles. The lowest BCUT2D eigenvalue weighted by atomic mass is 10.00. The number of halogens is 3. The van der Waals surface area contributed by atoms with Gasteiger partial charge >= 0.3 is 0 Å². The van der Waals surface area contributed by atoms with Gasteiger partial charge in [-0.1, -0.05) is 40.2 Å². The molecule has 0 saturated heterocycles. The van der Waals surface area contributed by atoms with E-state index in [0.717, 1.165) is 11.1 Å². The summed E-state index contributed by atoms with van der Waals surface area (Å²) < 4.78 is 20.0. The number of benzene rings is 2. The molecular weight excluding hydrogens is 331 g/mol. The van der Waals surface area contributed by atoms with E-state index < -0.39 is 5.38 Å². The molecule has 1 aliphatic heterocycles. The Bertz CT molecular complexity index is 630. The van der Waals surface area contributed by atoms with Gasteiger partial charge in [-0.05, 0) is 28.8 Å². The first-order valence-electron chi connectivity index (χ1n) is 5.93. The lowest BCUT2D eigenvalue weighted by Gasteiger charge is -2.13. The smallest absolute Gasteiger partial charge is 0.129 e. The van der Waals surface area contributed by atoms with E-state index >= 15 is 0 Å². The summed E-state index contributed by atoms with van der Waals surface area (Å²) in [6.45, 7) is 1.25. The van der Waals surface area contributed by atoms with Crippen LogP contribution >= 0.6 is 27.5 Å². The SMILES string of the molecule is Fc1cc(Br)ccc1C(Cl)c1ccc2c(c1)COC2. The lowest BCUT2D eigenvalue weighted by Crippen LogP contribution is -1.98. The molecule has 0 N–H and O–H groups in total. The molecule has 0 saturated carbocycles. The summed E-state index contributed by atoms with van der Waals surface area (Å²) in [5.41, 5.74) is 3.71. The van der Waals surface area contributed by atoms with E-state index in [4.69, 9.17) is 16.3 Å². The van der Waals surface area contributed by atoms with Gasteiger partial charge < -0.3 is 4.74 Å². The average Bonchev–Trinajstić information content (AvgIpc) is 2.85. The van der Waals surface area contributed by atoms with Crippen molar-refractivity contribution in [1.82, 2.24) is 0 Å². The van der Waals surface area contributed by atoms with E-state index in [-0.39, 0.29) is 5.82 Å². The van der Waals surface area contributed by atoms with Crippen LogP contribution in [0.4, 0.5) is 4.39 Å². The molecule has 0 bridgehead atoms. The Kier molecular flexibility index (Phi) is 3.61. The van der Waals surface area contributed by atoms with E-state index in [2.05, 4.69) is 15.9 Å². The molecule has 1 unspecified atom stereocenters. The maximum absolute atomic E-state index is 13.9. The van der Waals surface area contributed by atoms with Gasteiger partial charge in [0.2, 0.25) is 0 Å². The van der Waals surface area contributed by atoms with Gasteiger partial charge in [0.05, 0.1) is 18.6 Å². The molecule has 1 nitrogen and oxygen atoms in total. The van der Waals surface area contributed by atoms with Gasteiger partial charge in [0, 0.05) is 10.0 Å². The van der Waals surface area contributed by atoms with Crippen LogP contribution in [0.15, 0.2) is 40.9 Å². The third-order valence-electron chi connectivity index (χ3n) is 3.27. The summed E-state index contributed by atoms with van der Waals surface area (Å²) in [5, 5.41) is -0.487. The summed E-state index contributed by atoms with van der Waals surface area (Å²) in [6, 6.07) is 10.9. The second-order valence-corrected chi connectivity index (χ2v) is 5.90. The van der Waals surface area contributed by atoms with E-state index in [1.54, 1.807) is 12.1 Å². The Balaban J connectivity index is 1.97. The minimum atomic E-state index is -0.487. The van der Waals surface area contributed by atoms with Crippen molar-refractivity contribution in [3.8, 4) is 0 Å². The van der Waals surface area contributed by atoms with Crippen molar-refractivity contribution in [3.05, 3.63) is 68.9 Å². The highest BCUT2D eigenvalue weighted by Gasteiger charge is 2.18. The molecule has 2 aromatic rings. The molecule has 0 amide bonds. The van der Waals surface area contributed by atoms with Crippen molar-refractivity contribution in [3.63, 3.8) is 0 Å². The topological polar surface area (TPSA) is 9.23 Å². The number of rotatable bonds is 2. The zero-order valence-corrected chi connectivity index (χ0v) is 12.3. The van der Waals surface area contributed by atoms with E-state index in [1.807, 2.05) is 18.2 Å². The molecule has 0 fully saturated rings. The summed E-state index contributed by atoms with van der Waals surface area (Å²) in [5.74, 6) is -0.300. The molecule has 0 spiro atoms. The number of fused-ring (bicyclic) bond motifs is 1. The molecule has 2 aromatic carbocycles. The van der Waals surface area contributed by atoms with Crippen LogP contribution in [0, 0.1) is 5.82 Å². The second kappa shape index (κ2) is 5.23. The van der Waals surface area contributed by atoms with Crippen LogP contribution in [0.25, 0.3) is 0 Å². The van der Waals surface area contributed by atoms with Gasteiger partial charge in [0.25, 0.3) is 0 Å². The molecule has 1 atom stereocenters. The molecule has 4 heteroatoms. The number of alkyl halides is 1. The zero-order chi connectivity index (χ0) is 13.4. The number of ether oxygens (including phenoxy) is 1. The fraction of sp³-hybridized carbons (Fsp3) is 0.200. The monoisotopic (exact) mass is 340 g/mol. The van der Waals surface area contributed by atoms with Crippen molar-refractivity contribution in [2.75, 3.05) is 0 Å². The lowest BCUT2D eigenvalue weighted by molar-refractivity contribution is 0.134. The molecule has 1 aliphatic rings. The highest BCUT2D eigenvalue weighted by Crippen LogP contribution is 2.34. The van der Waals surface area contributed by atoms with Gasteiger partial charge in [-0.15, -0.1) is 11.6 Å². The summed E-state index contributed by atoms with van der Waals surface area (Å²) in [4.78, 5) is 0. The summed E-state index contributed by atoms with van der Waals surface area (Å²) in [6.07, 6.45) is 0. The Morgan fingerprint density at radius 1 is 1.11 bits per heavy atom. The fourth-order valence-electron chi connectivity index (χ4n) is 2.24. The maximum Gasteiger partial charge on any atom is 0.129 e. The first kappa shape index (κ1) is 13.1. The zero-order valence-electron chi connectivity index (χ0n) is 10.00. The molecule has 0 aliphatic carbocycles. The molecule has 0 radical (unpaired) electrons. The maximum atomic E-state index is 13.9. The highest BCUT2D eigenvalue weighted by molar-refractivity contribution is 9.10. The largest absolute Gasteiger partial charge is 0.372 e. The highest BCUT2D eigenvalue weighted by atomic mass is 79.9. The Labute approximate surface area is 124 Å². The Hall–Kier alpha value is -0.900. The number of hydrogen-bond acceptors (Lipinski definition) is 1. The molecule has 98 valence electrons. The van der Waals surface area contributed by atoms with Crippen LogP contribution in [0.2, 0.25) is 0 Å². The predicted octanol–water partition coefficient (Wildman–Crippen LogP) is 4.95. The minimum Gasteiger partial charge on any atom is -0.372 e. The van der Waals surface area contributed by atoms with Gasteiger partial charge in [0.1, 0.15) is 5.82 Å². The van der Waals surface area contributed by atoms with Crippen LogP contribution in [-0.4, -0.2) is 0 Å². The normalized spacial score (nSPS) is 15.3. The molecule has 1 heterocycles. The van der Waals surface area contributed by atoms with E-state index in [1.165, 1.54) is 11.6 Å². The third kappa shape index (κ3) is 2.55. The van der Waals surface area contributed by atoms with Crippen LogP contribution < -0.4 is 0 Å². The van der Waals surface area contributed by atoms with Crippen LogP contribution in [0.3, 0.4) is 0 Å². The third-order valence-corrected chi connectivity index (χ3v) is 4.25. The first-order valence-corrected chi connectivity index (χ1v) is 7.16. The molecular formula is C15H11BrClFO. The van der Waals surface area contributed by atoms with Gasteiger partial charge in [0.15, 0.2) is 0 Å². The molecule has 3 rings (SSSR count). The Morgan fingerprint density at radius 2 is 1.89 bits per heavy atom. The van der Waals surface area contributed by atoms with Crippen LogP contribution in [0.1, 0.15) is 27.6 Å². The van der Waals surface area contributed by atoms with E-state index in [9.17, 15) is 4.39 Å². The van der Waals surface area contributed by atoms with Crippen LogP contribution in [0.5, 0.6) is 0 Å². The average molecular weight is 342 g/mol. The predicted molar refractivity (Wildman–Crippen MR) is 76.7 cm³/mol. The fourth-order valence-corrected chi connectivity index (χ4v) is 2.88. The summed E-state index contributed by atoms with van der Waals surface area (Å²) >= 11 is 9.64. The Morgan fingerprint density at radius 3 is 2.68 bits per heavy atom. The number of hydrogen-bond donors (Lipinski definition) is 0. The van der Waals surface area contributed by atoms with Gasteiger partial charge in [-0.3, -0.25) is 0 Å². The van der Waals surface area contributed by atoms with Crippen molar-refractivity contribution in [2.24, 2.45) is 0 Å². The van der Waals surface area contributed by atoms with Gasteiger partial charge in [-0.2, -0.15) is 0 Å². The van der Waals surface area contributed by atoms with Gasteiger partial charge in [-0.25, -0.2) is 4.39 Å².